The van der Waals surface area contributed by atoms with Gasteiger partial charge in [0.1, 0.15) is 5.82 Å². The molecule has 0 aliphatic rings. The molecule has 16 heavy (non-hydrogen) atoms. The molecule has 1 aromatic rings. The van der Waals surface area contributed by atoms with Crippen molar-refractivity contribution in [3.05, 3.63) is 47.8 Å². The summed E-state index contributed by atoms with van der Waals surface area (Å²) in [7, 11) is 0. The third-order valence-corrected chi connectivity index (χ3v) is 2.43. The van der Waals surface area contributed by atoms with Crippen molar-refractivity contribution in [2.45, 2.75) is 25.7 Å². The number of allylic oxidation sites excluding steroid dienone is 1. The molecular formula is C13H15FO2. The van der Waals surface area contributed by atoms with Crippen LogP contribution in [0.4, 0.5) is 4.39 Å². The molecule has 0 saturated heterocycles. The lowest BCUT2D eigenvalue weighted by atomic mass is 9.93. The molecule has 1 rings (SSSR count). The number of carboxylic acid groups (broad SMARTS) is 1. The van der Waals surface area contributed by atoms with E-state index in [9.17, 15) is 9.18 Å². The van der Waals surface area contributed by atoms with Crippen LogP contribution in [0.2, 0.25) is 0 Å². The predicted octanol–water partition coefficient (Wildman–Crippen LogP) is 3.35. The maximum Gasteiger partial charge on any atom is 0.310 e. The van der Waals surface area contributed by atoms with Crippen LogP contribution < -0.4 is 0 Å². The first-order valence-corrected chi connectivity index (χ1v) is 5.13. The minimum absolute atomic E-state index is 0.354. The molecule has 3 heteroatoms. The second-order valence-electron chi connectivity index (χ2n) is 3.94. The van der Waals surface area contributed by atoms with Gasteiger partial charge in [-0.15, -0.1) is 6.58 Å². The van der Waals surface area contributed by atoms with Crippen LogP contribution in [0.5, 0.6) is 0 Å². The van der Waals surface area contributed by atoms with E-state index in [1.807, 2.05) is 6.92 Å². The van der Waals surface area contributed by atoms with Crippen LogP contribution >= 0.6 is 0 Å². The highest BCUT2D eigenvalue weighted by Crippen LogP contribution is 2.23. The Morgan fingerprint density at radius 2 is 2.00 bits per heavy atom. The van der Waals surface area contributed by atoms with Crippen LogP contribution in [-0.4, -0.2) is 11.1 Å². The number of hydrogen-bond donors (Lipinski definition) is 1. The first-order valence-electron chi connectivity index (χ1n) is 5.13. The van der Waals surface area contributed by atoms with E-state index in [1.165, 1.54) is 24.3 Å². The molecule has 0 amide bonds. The molecule has 2 nitrogen and oxygen atoms in total. The van der Waals surface area contributed by atoms with Crippen LogP contribution in [0, 0.1) is 5.82 Å². The van der Waals surface area contributed by atoms with Gasteiger partial charge in [-0.2, -0.15) is 0 Å². The van der Waals surface area contributed by atoms with Crippen LogP contribution in [0.15, 0.2) is 36.4 Å². The Hall–Kier alpha value is -1.64. The van der Waals surface area contributed by atoms with Crippen molar-refractivity contribution < 1.29 is 14.3 Å². The fourth-order valence-electron chi connectivity index (χ4n) is 1.52. The number of aliphatic carboxylic acids is 1. The standard InChI is InChI=1S/C13H15FO2/c1-9(2)3-8-12(13(15)16)10-4-6-11(14)7-5-10/h4-7,12H,1,3,8H2,2H3,(H,15,16). The van der Waals surface area contributed by atoms with E-state index < -0.39 is 11.9 Å². The zero-order chi connectivity index (χ0) is 12.1. The van der Waals surface area contributed by atoms with Crippen molar-refractivity contribution in [2.75, 3.05) is 0 Å². The molecule has 1 N–H and O–H groups in total. The Morgan fingerprint density at radius 3 is 2.44 bits per heavy atom. The van der Waals surface area contributed by atoms with Gasteiger partial charge in [-0.1, -0.05) is 17.7 Å². The highest BCUT2D eigenvalue weighted by molar-refractivity contribution is 5.76. The number of rotatable bonds is 5. The fourth-order valence-corrected chi connectivity index (χ4v) is 1.52. The van der Waals surface area contributed by atoms with E-state index in [-0.39, 0.29) is 5.82 Å². The summed E-state index contributed by atoms with van der Waals surface area (Å²) in [4.78, 5) is 11.1. The highest BCUT2D eigenvalue weighted by Gasteiger charge is 2.19. The quantitative estimate of drug-likeness (QED) is 0.776. The second kappa shape index (κ2) is 5.45. The maximum absolute atomic E-state index is 12.7. The Bertz CT molecular complexity index is 381. The fraction of sp³-hybridized carbons (Fsp3) is 0.308. The van der Waals surface area contributed by atoms with Gasteiger partial charge in [0.2, 0.25) is 0 Å². The van der Waals surface area contributed by atoms with Crippen molar-refractivity contribution in [1.82, 2.24) is 0 Å². The number of carbonyl (C=O) groups is 1. The molecule has 0 aromatic heterocycles. The van der Waals surface area contributed by atoms with E-state index in [4.69, 9.17) is 5.11 Å². The minimum Gasteiger partial charge on any atom is -0.481 e. The number of carboxylic acids is 1. The Morgan fingerprint density at radius 1 is 1.44 bits per heavy atom. The van der Waals surface area contributed by atoms with Gasteiger partial charge in [0.05, 0.1) is 5.92 Å². The third-order valence-electron chi connectivity index (χ3n) is 2.43. The zero-order valence-corrected chi connectivity index (χ0v) is 9.24. The summed E-state index contributed by atoms with van der Waals surface area (Å²) < 4.78 is 12.7. The SMILES string of the molecule is C=C(C)CCC(C(=O)O)c1ccc(F)cc1. The molecule has 0 heterocycles. The van der Waals surface area contributed by atoms with Gasteiger partial charge < -0.3 is 5.11 Å². The molecule has 1 unspecified atom stereocenters. The summed E-state index contributed by atoms with van der Waals surface area (Å²) in [6, 6.07) is 5.61. The van der Waals surface area contributed by atoms with Crippen molar-refractivity contribution in [3.8, 4) is 0 Å². The summed E-state index contributed by atoms with van der Waals surface area (Å²) in [5, 5.41) is 9.09. The molecule has 0 fully saturated rings. The lowest BCUT2D eigenvalue weighted by molar-refractivity contribution is -0.138. The number of hydrogen-bond acceptors (Lipinski definition) is 1. The van der Waals surface area contributed by atoms with Crippen molar-refractivity contribution in [3.63, 3.8) is 0 Å². The van der Waals surface area contributed by atoms with Gasteiger partial charge in [0, 0.05) is 0 Å². The van der Waals surface area contributed by atoms with E-state index in [2.05, 4.69) is 6.58 Å². The Balaban J connectivity index is 2.81. The molecule has 0 spiro atoms. The number of benzene rings is 1. The van der Waals surface area contributed by atoms with Crippen LogP contribution in [-0.2, 0) is 4.79 Å². The summed E-state index contributed by atoms with van der Waals surface area (Å²) in [6.45, 7) is 5.61. The predicted molar refractivity (Wildman–Crippen MR) is 60.8 cm³/mol. The summed E-state index contributed by atoms with van der Waals surface area (Å²) in [6.07, 6.45) is 1.16. The lowest BCUT2D eigenvalue weighted by Crippen LogP contribution is -2.11. The van der Waals surface area contributed by atoms with Crippen molar-refractivity contribution in [1.29, 1.82) is 0 Å². The third kappa shape index (κ3) is 3.50. The average molecular weight is 222 g/mol. The molecule has 0 saturated carbocycles. The molecule has 0 radical (unpaired) electrons. The highest BCUT2D eigenvalue weighted by atomic mass is 19.1. The van der Waals surface area contributed by atoms with Crippen molar-refractivity contribution >= 4 is 5.97 Å². The van der Waals surface area contributed by atoms with Crippen LogP contribution in [0.1, 0.15) is 31.2 Å². The molecular weight excluding hydrogens is 207 g/mol. The van der Waals surface area contributed by atoms with Crippen LogP contribution in [0.3, 0.4) is 0 Å². The van der Waals surface area contributed by atoms with Crippen LogP contribution in [0.25, 0.3) is 0 Å². The second-order valence-corrected chi connectivity index (χ2v) is 3.94. The van der Waals surface area contributed by atoms with Gasteiger partial charge in [-0.05, 0) is 37.5 Å². The first-order chi connectivity index (χ1) is 7.50. The lowest BCUT2D eigenvalue weighted by Gasteiger charge is -2.12. The van der Waals surface area contributed by atoms with Crippen molar-refractivity contribution in [2.24, 2.45) is 0 Å². The van der Waals surface area contributed by atoms with Gasteiger partial charge in [0.25, 0.3) is 0 Å². The van der Waals surface area contributed by atoms with Gasteiger partial charge >= 0.3 is 5.97 Å². The monoisotopic (exact) mass is 222 g/mol. The summed E-state index contributed by atoms with van der Waals surface area (Å²) >= 11 is 0. The Kier molecular flexibility index (Phi) is 4.23. The van der Waals surface area contributed by atoms with E-state index in [0.29, 0.717) is 18.4 Å². The summed E-state index contributed by atoms with van der Waals surface area (Å²) in [5.74, 6) is -1.82. The van der Waals surface area contributed by atoms with E-state index in [1.54, 1.807) is 0 Å². The normalized spacial score (nSPS) is 12.1. The summed E-state index contributed by atoms with van der Waals surface area (Å²) in [5.41, 5.74) is 1.59. The van der Waals surface area contributed by atoms with E-state index >= 15 is 0 Å². The average Bonchev–Trinajstić information content (AvgIpc) is 2.20. The van der Waals surface area contributed by atoms with Gasteiger partial charge in [-0.3, -0.25) is 4.79 Å². The number of halogens is 1. The first kappa shape index (κ1) is 12.4. The minimum atomic E-state index is -0.882. The molecule has 0 aliphatic carbocycles. The molecule has 1 atom stereocenters. The largest absolute Gasteiger partial charge is 0.481 e. The van der Waals surface area contributed by atoms with Gasteiger partial charge in [-0.25, -0.2) is 4.39 Å². The molecule has 86 valence electrons. The maximum atomic E-state index is 12.7. The smallest absolute Gasteiger partial charge is 0.310 e. The van der Waals surface area contributed by atoms with Gasteiger partial charge in [0.15, 0.2) is 0 Å². The zero-order valence-electron chi connectivity index (χ0n) is 9.24. The topological polar surface area (TPSA) is 37.3 Å². The molecule has 1 aromatic carbocycles. The molecule has 0 bridgehead atoms. The molecule has 0 aliphatic heterocycles. The van der Waals surface area contributed by atoms with E-state index in [0.717, 1.165) is 5.57 Å². The Labute approximate surface area is 94.4 Å².